The van der Waals surface area contributed by atoms with Gasteiger partial charge in [0.2, 0.25) is 5.91 Å². The fraction of sp³-hybridized carbons (Fsp3) is 0.467. The highest BCUT2D eigenvalue weighted by Crippen LogP contribution is 2.30. The average Bonchev–Trinajstić information content (AvgIpc) is 2.45. The number of nitrogens with one attached hydrogen (secondary N) is 2. The van der Waals surface area contributed by atoms with E-state index in [1.54, 1.807) is 19.9 Å². The number of nitriles is 1. The molecule has 25 heavy (non-hydrogen) atoms. The van der Waals surface area contributed by atoms with Crippen LogP contribution in [0.1, 0.15) is 39.2 Å². The number of halogens is 1. The minimum absolute atomic E-state index is 0.00822. The quantitative estimate of drug-likeness (QED) is 0.387. The smallest absolute Gasteiger partial charge is 0.296 e. The summed E-state index contributed by atoms with van der Waals surface area (Å²) in [6.07, 6.45) is 1.14. The number of alkyl halides is 1. The zero-order chi connectivity index (χ0) is 19.3. The van der Waals surface area contributed by atoms with Gasteiger partial charge in [-0.2, -0.15) is 13.7 Å². The van der Waals surface area contributed by atoms with Crippen molar-refractivity contribution in [1.82, 2.24) is 5.32 Å². The van der Waals surface area contributed by atoms with E-state index in [1.165, 1.54) is 12.1 Å². The fourth-order valence-electron chi connectivity index (χ4n) is 1.95. The fourth-order valence-corrected chi connectivity index (χ4v) is 2.85. The minimum atomic E-state index is -4.02. The number of hydrogen-bond donors (Lipinski definition) is 3. The van der Waals surface area contributed by atoms with Gasteiger partial charge in [0.1, 0.15) is 17.4 Å². The van der Waals surface area contributed by atoms with Crippen molar-refractivity contribution in [2.45, 2.75) is 43.3 Å². The van der Waals surface area contributed by atoms with Crippen LogP contribution in [0.15, 0.2) is 18.2 Å². The maximum Gasteiger partial charge on any atom is 0.296 e. The Morgan fingerprint density at radius 1 is 1.48 bits per heavy atom. The Balaban J connectivity index is 3.04. The zero-order valence-electron chi connectivity index (χ0n) is 14.2. The molecule has 0 saturated heterocycles. The van der Waals surface area contributed by atoms with Crippen molar-refractivity contribution in [1.29, 1.82) is 5.26 Å². The number of benzene rings is 1. The van der Waals surface area contributed by atoms with Crippen LogP contribution in [-0.2, 0) is 15.0 Å². The first kappa shape index (κ1) is 21.5. The lowest BCUT2D eigenvalue weighted by molar-refractivity contribution is -0.123. The predicted octanol–water partition coefficient (Wildman–Crippen LogP) is 2.01. The highest BCUT2D eigenvalue weighted by Gasteiger charge is 2.31. The van der Waals surface area contributed by atoms with E-state index < -0.39 is 19.9 Å². The molecular weight excluding hydrogens is 459 g/mol. The number of amides is 1. The molecule has 1 aromatic rings. The normalized spacial score (nSPS) is 12.8. The molecule has 8 nitrogen and oxygen atoms in total. The molecule has 0 bridgehead atoms. The van der Waals surface area contributed by atoms with Crippen molar-refractivity contribution in [3.8, 4) is 11.8 Å². The third-order valence-electron chi connectivity index (χ3n) is 3.13. The van der Waals surface area contributed by atoms with Crippen molar-refractivity contribution in [3.63, 3.8) is 0 Å². The summed E-state index contributed by atoms with van der Waals surface area (Å²) in [6, 6.07) is 6.40. The van der Waals surface area contributed by atoms with Crippen molar-refractivity contribution in [3.05, 3.63) is 23.8 Å². The molecule has 10 heteroatoms. The van der Waals surface area contributed by atoms with Crippen LogP contribution >= 0.6 is 22.6 Å². The topological polar surface area (TPSA) is 134 Å². The Kier molecular flexibility index (Phi) is 7.45. The Morgan fingerprint density at radius 2 is 2.12 bits per heavy atom. The van der Waals surface area contributed by atoms with E-state index in [0.29, 0.717) is 6.42 Å². The van der Waals surface area contributed by atoms with Gasteiger partial charge < -0.3 is 10.1 Å². The van der Waals surface area contributed by atoms with Gasteiger partial charge in [-0.3, -0.25) is 9.52 Å². The van der Waals surface area contributed by atoms with Gasteiger partial charge in [-0.15, -0.1) is 0 Å². The van der Waals surface area contributed by atoms with Crippen LogP contribution in [0, 0.1) is 11.3 Å². The largest absolute Gasteiger partial charge is 0.476 e. The van der Waals surface area contributed by atoms with Crippen LogP contribution in [0.4, 0.5) is 5.69 Å². The number of ether oxygens (including phenoxy) is 1. The molecule has 0 aromatic heterocycles. The third kappa shape index (κ3) is 6.68. The Morgan fingerprint density at radius 3 is 2.64 bits per heavy atom. The molecule has 138 valence electrons. The molecule has 0 spiro atoms. The van der Waals surface area contributed by atoms with E-state index >= 15 is 0 Å². The molecular formula is C15H21IN4O4S. The highest BCUT2D eigenvalue weighted by molar-refractivity contribution is 14.1. The molecule has 1 unspecified atom stereocenters. The monoisotopic (exact) mass is 480 g/mol. The van der Waals surface area contributed by atoms with Crippen molar-refractivity contribution >= 4 is 44.4 Å². The molecule has 0 aliphatic heterocycles. The molecule has 0 radical (unpaired) electrons. The summed E-state index contributed by atoms with van der Waals surface area (Å²) in [4.78, 5) is 11.8. The first-order valence-corrected chi connectivity index (χ1v) is 10.2. The summed E-state index contributed by atoms with van der Waals surface area (Å²) in [5, 5.41) is 17.2. The van der Waals surface area contributed by atoms with Crippen LogP contribution in [-0.4, -0.2) is 24.0 Å². The third-order valence-corrected chi connectivity index (χ3v) is 5.44. The van der Waals surface area contributed by atoms with Crippen molar-refractivity contribution < 1.29 is 17.9 Å². The lowest BCUT2D eigenvalue weighted by atomic mass is 10.1. The Hall–Kier alpha value is -1.58. The maximum atomic E-state index is 11.8. The first-order valence-electron chi connectivity index (χ1n) is 7.45. The Bertz CT molecular complexity index is 774. The molecule has 1 rings (SSSR count). The average molecular weight is 480 g/mol. The molecule has 1 amide bonds. The standard InChI is InChI=1S/C15H21IN4O4S/c1-4-6-13(21)19-15(2,3)14(16)24-12-8-5-7-11(10(12)9-17)20-25(18,22)23/h5,7-8,14,20H,4,6H2,1-3H3,(H,19,21)(H2,18,22,23). The van der Waals surface area contributed by atoms with Gasteiger partial charge in [-0.25, -0.2) is 5.14 Å². The van der Waals surface area contributed by atoms with Gasteiger partial charge in [-0.05, 0) is 55.0 Å². The molecule has 0 heterocycles. The summed E-state index contributed by atoms with van der Waals surface area (Å²) < 4.78 is 29.8. The number of carbonyl (C=O) groups excluding carboxylic acids is 1. The Labute approximate surface area is 161 Å². The van der Waals surface area contributed by atoms with Gasteiger partial charge in [0, 0.05) is 6.42 Å². The van der Waals surface area contributed by atoms with Gasteiger partial charge in [0.15, 0.2) is 4.11 Å². The predicted molar refractivity (Wildman–Crippen MR) is 103 cm³/mol. The molecule has 4 N–H and O–H groups in total. The van der Waals surface area contributed by atoms with Crippen LogP contribution in [0.2, 0.25) is 0 Å². The van der Waals surface area contributed by atoms with E-state index in [9.17, 15) is 18.5 Å². The van der Waals surface area contributed by atoms with Crippen molar-refractivity contribution in [2.24, 2.45) is 5.14 Å². The summed E-state index contributed by atoms with van der Waals surface area (Å²) in [7, 11) is -4.02. The summed E-state index contributed by atoms with van der Waals surface area (Å²) >= 11 is 2.01. The summed E-state index contributed by atoms with van der Waals surface area (Å²) in [5.41, 5.74) is -0.670. The van der Waals surface area contributed by atoms with E-state index in [4.69, 9.17) is 9.88 Å². The van der Waals surface area contributed by atoms with Gasteiger partial charge in [0.25, 0.3) is 10.2 Å². The van der Waals surface area contributed by atoms with Crippen LogP contribution in [0.3, 0.4) is 0 Å². The maximum absolute atomic E-state index is 11.8. The number of rotatable bonds is 8. The highest BCUT2D eigenvalue weighted by atomic mass is 127. The van der Waals surface area contributed by atoms with Crippen LogP contribution < -0.4 is 19.9 Å². The number of carbonyl (C=O) groups is 1. The second kappa shape index (κ2) is 8.68. The number of hydrogen-bond acceptors (Lipinski definition) is 5. The zero-order valence-corrected chi connectivity index (χ0v) is 17.1. The van der Waals surface area contributed by atoms with E-state index in [2.05, 4.69) is 10.0 Å². The van der Waals surface area contributed by atoms with Gasteiger partial charge in [0.05, 0.1) is 11.2 Å². The number of nitrogens with zero attached hydrogens (tertiary/aromatic N) is 1. The summed E-state index contributed by atoms with van der Waals surface area (Å²) in [5.74, 6) is 0.0938. The second-order valence-electron chi connectivity index (χ2n) is 5.89. The van der Waals surface area contributed by atoms with Crippen LogP contribution in [0.25, 0.3) is 0 Å². The molecule has 0 aliphatic rings. The number of anilines is 1. The lowest BCUT2D eigenvalue weighted by Crippen LogP contribution is -2.51. The molecule has 1 aromatic carbocycles. The number of nitrogens with two attached hydrogens (primary N) is 1. The first-order chi connectivity index (χ1) is 11.5. The van der Waals surface area contributed by atoms with E-state index in [-0.39, 0.29) is 22.9 Å². The lowest BCUT2D eigenvalue weighted by Gasteiger charge is -2.32. The molecule has 0 aliphatic carbocycles. The SMILES string of the molecule is CCCC(=O)NC(C)(C)C(I)Oc1cccc(NS(N)(=O)=O)c1C#N. The molecule has 0 fully saturated rings. The summed E-state index contributed by atoms with van der Waals surface area (Å²) in [6.45, 7) is 5.51. The molecule has 1 atom stereocenters. The van der Waals surface area contributed by atoms with Gasteiger partial charge >= 0.3 is 0 Å². The van der Waals surface area contributed by atoms with E-state index in [1.807, 2.05) is 35.6 Å². The van der Waals surface area contributed by atoms with Gasteiger partial charge in [-0.1, -0.05) is 13.0 Å². The van der Waals surface area contributed by atoms with Crippen LogP contribution in [0.5, 0.6) is 5.75 Å². The minimum Gasteiger partial charge on any atom is -0.476 e. The van der Waals surface area contributed by atoms with Crippen molar-refractivity contribution in [2.75, 3.05) is 4.72 Å². The second-order valence-corrected chi connectivity index (χ2v) is 8.32. The molecule has 0 saturated carbocycles. The van der Waals surface area contributed by atoms with E-state index in [0.717, 1.165) is 6.42 Å².